The summed E-state index contributed by atoms with van der Waals surface area (Å²) in [6.07, 6.45) is 3.64. The topological polar surface area (TPSA) is 55.1 Å². The first kappa shape index (κ1) is 27.7. The Kier molecular flexibility index (Phi) is 7.62. The Morgan fingerprint density at radius 1 is 0.947 bits per heavy atom. The standard InChI is InChI=1S/C30H32N5O2.Pt/c1-19-20(2)34-17-26(36-25-11-9-10-24(15-25)35-18-33(8)21(3)22(35)4)16-27(29(34)32-19)37-28-14-23(12-13-31-28)30(5,6)7;/h9-14,17-18H,1-8H3;/q-3;. The number of ether oxygens (including phenoxy) is 2. The average molecular weight is 690 g/mol. The number of aromatic nitrogens is 3. The molecule has 4 aromatic rings. The third-order valence-corrected chi connectivity index (χ3v) is 6.82. The second-order valence-electron chi connectivity index (χ2n) is 10.4. The van der Waals surface area contributed by atoms with Gasteiger partial charge in [-0.2, -0.15) is 12.7 Å². The van der Waals surface area contributed by atoms with Crippen LogP contribution in [0.3, 0.4) is 0 Å². The maximum Gasteiger partial charge on any atom is 0.216 e. The molecule has 0 bridgehead atoms. The second kappa shape index (κ2) is 10.5. The fourth-order valence-electron chi connectivity index (χ4n) is 4.20. The summed E-state index contributed by atoms with van der Waals surface area (Å²) in [5.41, 5.74) is 6.91. The molecule has 8 heteroatoms. The van der Waals surface area contributed by atoms with Gasteiger partial charge in [0.2, 0.25) is 5.88 Å². The van der Waals surface area contributed by atoms with Crippen LogP contribution in [0.5, 0.6) is 23.1 Å². The minimum absolute atomic E-state index is 0. The third kappa shape index (κ3) is 5.30. The predicted octanol–water partition coefficient (Wildman–Crippen LogP) is 6.95. The van der Waals surface area contributed by atoms with Crippen LogP contribution in [-0.4, -0.2) is 26.3 Å². The maximum absolute atomic E-state index is 6.27. The Hall–Kier alpha value is -3.31. The van der Waals surface area contributed by atoms with Crippen molar-refractivity contribution in [2.24, 2.45) is 0 Å². The number of allylic oxidation sites excluding steroid dienone is 2. The summed E-state index contributed by atoms with van der Waals surface area (Å²) in [4.78, 5) is 13.3. The van der Waals surface area contributed by atoms with Crippen molar-refractivity contribution in [1.29, 1.82) is 0 Å². The predicted molar refractivity (Wildman–Crippen MR) is 145 cm³/mol. The Bertz CT molecular complexity index is 1520. The van der Waals surface area contributed by atoms with Gasteiger partial charge in [0.05, 0.1) is 11.4 Å². The van der Waals surface area contributed by atoms with Gasteiger partial charge in [0, 0.05) is 61.9 Å². The zero-order valence-corrected chi connectivity index (χ0v) is 25.3. The van der Waals surface area contributed by atoms with Crippen molar-refractivity contribution in [2.45, 2.75) is 53.9 Å². The molecule has 0 radical (unpaired) electrons. The molecular formula is C30H32N5O2Pt-3. The molecule has 1 aliphatic rings. The van der Waals surface area contributed by atoms with Crippen molar-refractivity contribution < 1.29 is 30.5 Å². The molecule has 1 aromatic carbocycles. The molecule has 0 aliphatic carbocycles. The minimum Gasteiger partial charge on any atom is -0.508 e. The summed E-state index contributed by atoms with van der Waals surface area (Å²) in [6, 6.07) is 16.5. The first-order valence-electron chi connectivity index (χ1n) is 12.3. The van der Waals surface area contributed by atoms with Gasteiger partial charge >= 0.3 is 0 Å². The first-order valence-corrected chi connectivity index (χ1v) is 12.3. The van der Waals surface area contributed by atoms with Crippen LogP contribution in [0.2, 0.25) is 0 Å². The van der Waals surface area contributed by atoms with Crippen LogP contribution >= 0.6 is 0 Å². The number of rotatable bonds is 5. The fourth-order valence-corrected chi connectivity index (χ4v) is 4.20. The van der Waals surface area contributed by atoms with E-state index in [4.69, 9.17) is 14.5 Å². The van der Waals surface area contributed by atoms with E-state index >= 15 is 0 Å². The number of fused-ring (bicyclic) bond motifs is 1. The molecule has 3 aromatic heterocycles. The quantitative estimate of drug-likeness (QED) is 0.212. The Morgan fingerprint density at radius 2 is 1.71 bits per heavy atom. The second-order valence-corrected chi connectivity index (χ2v) is 10.4. The molecule has 1 aliphatic heterocycles. The largest absolute Gasteiger partial charge is 0.508 e. The molecular weight excluding hydrogens is 657 g/mol. The number of hydrogen-bond donors (Lipinski definition) is 0. The SMILES string of the molecule is CC1=C(C)N(c2[c-]c(Oc3[c-]c(Oc4cc(C(C)(C)C)ccn4)c4nc(C)c(C)n4c3)ccc2)[CH-]N1C.[Pt]. The van der Waals surface area contributed by atoms with Crippen molar-refractivity contribution in [3.63, 3.8) is 0 Å². The van der Waals surface area contributed by atoms with Gasteiger partial charge < -0.3 is 23.7 Å². The molecule has 0 saturated heterocycles. The molecule has 0 N–H and O–H groups in total. The number of benzene rings is 1. The number of hydrogen-bond acceptors (Lipinski definition) is 6. The van der Waals surface area contributed by atoms with E-state index in [1.54, 1.807) is 6.20 Å². The number of aryl methyl sites for hydroxylation is 2. The van der Waals surface area contributed by atoms with Crippen LogP contribution in [0.15, 0.2) is 54.1 Å². The molecule has 0 saturated carbocycles. The van der Waals surface area contributed by atoms with E-state index in [1.165, 1.54) is 5.70 Å². The number of imidazole rings is 1. The molecule has 0 spiro atoms. The van der Waals surface area contributed by atoms with E-state index in [0.29, 0.717) is 28.8 Å². The van der Waals surface area contributed by atoms with Gasteiger partial charge in [-0.25, -0.2) is 4.98 Å². The summed E-state index contributed by atoms with van der Waals surface area (Å²) < 4.78 is 14.5. The zero-order chi connectivity index (χ0) is 26.5. The Balaban J connectivity index is 0.00000336. The van der Waals surface area contributed by atoms with E-state index in [9.17, 15) is 0 Å². The fraction of sp³-hybridized carbons (Fsp3) is 0.300. The van der Waals surface area contributed by atoms with E-state index in [1.807, 2.05) is 68.5 Å². The number of pyridine rings is 2. The molecule has 0 fully saturated rings. The summed E-state index contributed by atoms with van der Waals surface area (Å²) in [7, 11) is 2.03. The van der Waals surface area contributed by atoms with Gasteiger partial charge in [-0.1, -0.05) is 33.0 Å². The van der Waals surface area contributed by atoms with Crippen LogP contribution in [0.1, 0.15) is 51.6 Å². The van der Waals surface area contributed by atoms with Gasteiger partial charge in [-0.05, 0) is 57.5 Å². The monoisotopic (exact) mass is 689 g/mol. The van der Waals surface area contributed by atoms with Gasteiger partial charge in [0.25, 0.3) is 0 Å². The first-order chi connectivity index (χ1) is 17.5. The zero-order valence-electron chi connectivity index (χ0n) is 23.0. The number of nitrogens with zero attached hydrogens (tertiary/aromatic N) is 5. The summed E-state index contributed by atoms with van der Waals surface area (Å²) in [5, 5.41) is 0. The Labute approximate surface area is 239 Å². The maximum atomic E-state index is 6.27. The van der Waals surface area contributed by atoms with Crippen molar-refractivity contribution in [3.8, 4) is 23.1 Å². The van der Waals surface area contributed by atoms with Crippen LogP contribution in [0, 0.1) is 32.6 Å². The van der Waals surface area contributed by atoms with Crippen molar-refractivity contribution >= 4 is 11.3 Å². The van der Waals surface area contributed by atoms with Crippen molar-refractivity contribution in [2.75, 3.05) is 11.9 Å². The molecule has 0 amide bonds. The minimum atomic E-state index is -0.0277. The van der Waals surface area contributed by atoms with Crippen molar-refractivity contribution in [3.05, 3.63) is 89.9 Å². The molecule has 38 heavy (non-hydrogen) atoms. The molecule has 4 heterocycles. The normalized spacial score (nSPS) is 13.8. The molecule has 0 unspecified atom stereocenters. The van der Waals surface area contributed by atoms with E-state index in [-0.39, 0.29) is 26.5 Å². The van der Waals surface area contributed by atoms with E-state index < -0.39 is 0 Å². The summed E-state index contributed by atoms with van der Waals surface area (Å²) in [5.74, 6) is 2.01. The Morgan fingerprint density at radius 3 is 2.39 bits per heavy atom. The molecule has 0 atom stereocenters. The van der Waals surface area contributed by atoms with Gasteiger partial charge in [-0.3, -0.25) is 4.98 Å². The molecule has 7 nitrogen and oxygen atoms in total. The number of anilines is 1. The molecule has 202 valence electrons. The van der Waals surface area contributed by atoms with Gasteiger partial charge in [0.1, 0.15) is 0 Å². The third-order valence-electron chi connectivity index (χ3n) is 6.82. The summed E-state index contributed by atoms with van der Waals surface area (Å²) in [6.45, 7) is 16.7. The van der Waals surface area contributed by atoms with Crippen LogP contribution in [0.4, 0.5) is 5.69 Å². The summed E-state index contributed by atoms with van der Waals surface area (Å²) >= 11 is 0. The van der Waals surface area contributed by atoms with E-state index in [2.05, 4.69) is 61.5 Å². The van der Waals surface area contributed by atoms with Gasteiger partial charge in [0.15, 0.2) is 0 Å². The van der Waals surface area contributed by atoms with Crippen LogP contribution in [-0.2, 0) is 26.5 Å². The molecule has 5 rings (SSSR count). The smallest absolute Gasteiger partial charge is 0.216 e. The average Bonchev–Trinajstić information content (AvgIpc) is 3.29. The van der Waals surface area contributed by atoms with Crippen LogP contribution in [0.25, 0.3) is 5.65 Å². The van der Waals surface area contributed by atoms with Crippen LogP contribution < -0.4 is 14.4 Å². The van der Waals surface area contributed by atoms with Gasteiger partial charge in [-0.15, -0.1) is 23.9 Å². The van der Waals surface area contributed by atoms with E-state index in [0.717, 1.165) is 28.3 Å². The van der Waals surface area contributed by atoms with Crippen molar-refractivity contribution in [1.82, 2.24) is 19.3 Å².